The van der Waals surface area contributed by atoms with Gasteiger partial charge in [-0.25, -0.2) is 14.5 Å². The molecule has 0 aliphatic carbocycles. The van der Waals surface area contributed by atoms with Crippen molar-refractivity contribution in [2.24, 2.45) is 0 Å². The maximum absolute atomic E-state index is 12.5. The molecule has 0 bridgehead atoms. The van der Waals surface area contributed by atoms with Crippen molar-refractivity contribution >= 4 is 17.4 Å². The number of imidazole rings is 1. The highest BCUT2D eigenvalue weighted by Gasteiger charge is 2.27. The molecule has 1 unspecified atom stereocenters. The summed E-state index contributed by atoms with van der Waals surface area (Å²) in [5.41, 5.74) is 1.59. The zero-order chi connectivity index (χ0) is 17.2. The summed E-state index contributed by atoms with van der Waals surface area (Å²) in [6.07, 6.45) is 5.75. The summed E-state index contributed by atoms with van der Waals surface area (Å²) in [5, 5.41) is 16.6. The molecule has 4 heterocycles. The van der Waals surface area contributed by atoms with Gasteiger partial charge in [0.15, 0.2) is 5.65 Å². The largest absolute Gasteiger partial charge is 0.364 e. The highest BCUT2D eigenvalue weighted by atomic mass is 16.2. The lowest BCUT2D eigenvalue weighted by atomic mass is 10.2. The van der Waals surface area contributed by atoms with Gasteiger partial charge in [-0.1, -0.05) is 0 Å². The number of fused-ring (bicyclic) bond motifs is 1. The average molecular weight is 333 g/mol. The van der Waals surface area contributed by atoms with Crippen LogP contribution in [0.3, 0.4) is 0 Å². The Labute approximate surface area is 143 Å². The molecule has 1 amide bonds. The Balaban J connectivity index is 1.41. The van der Waals surface area contributed by atoms with Gasteiger partial charge >= 0.3 is 0 Å². The summed E-state index contributed by atoms with van der Waals surface area (Å²) in [6.45, 7) is 1.25. The average Bonchev–Trinajstić information content (AvgIpc) is 3.30. The summed E-state index contributed by atoms with van der Waals surface area (Å²) in [5.74, 6) is 0.633. The number of hydrogen-bond acceptors (Lipinski definition) is 6. The van der Waals surface area contributed by atoms with Crippen molar-refractivity contribution in [2.75, 3.05) is 18.4 Å². The van der Waals surface area contributed by atoms with E-state index < -0.39 is 0 Å². The van der Waals surface area contributed by atoms with E-state index in [0.29, 0.717) is 24.3 Å². The molecule has 0 spiro atoms. The fourth-order valence-corrected chi connectivity index (χ4v) is 2.91. The van der Waals surface area contributed by atoms with Gasteiger partial charge in [-0.2, -0.15) is 5.26 Å². The molecule has 0 saturated carbocycles. The van der Waals surface area contributed by atoms with Gasteiger partial charge in [0.05, 0.1) is 5.56 Å². The first-order chi connectivity index (χ1) is 12.2. The number of amides is 1. The highest BCUT2D eigenvalue weighted by molar-refractivity contribution is 5.92. The predicted molar refractivity (Wildman–Crippen MR) is 89.9 cm³/mol. The molecule has 8 nitrogen and oxygen atoms in total. The zero-order valence-electron chi connectivity index (χ0n) is 13.3. The summed E-state index contributed by atoms with van der Waals surface area (Å²) in [7, 11) is 0. The molecule has 0 radical (unpaired) electrons. The van der Waals surface area contributed by atoms with Gasteiger partial charge in [-0.15, -0.1) is 5.10 Å². The zero-order valence-corrected chi connectivity index (χ0v) is 13.3. The fraction of sp³-hybridized carbons (Fsp3) is 0.235. The van der Waals surface area contributed by atoms with Crippen LogP contribution in [0.1, 0.15) is 22.5 Å². The lowest BCUT2D eigenvalue weighted by Gasteiger charge is -2.17. The maximum atomic E-state index is 12.5. The fourth-order valence-electron chi connectivity index (χ4n) is 2.91. The monoisotopic (exact) mass is 333 g/mol. The number of likely N-dealkylation sites (tertiary alicyclic amines) is 1. The number of carbonyl (C=O) groups is 1. The van der Waals surface area contributed by atoms with E-state index in [1.807, 2.05) is 18.2 Å². The Morgan fingerprint density at radius 3 is 3.00 bits per heavy atom. The van der Waals surface area contributed by atoms with Crippen LogP contribution >= 0.6 is 0 Å². The minimum Gasteiger partial charge on any atom is -0.364 e. The number of anilines is 1. The standard InChI is InChI=1S/C17H15N7O/c18-9-12-1-2-14(20-10-12)17(25)23-7-5-13(11-23)21-15-3-4-16-19-6-8-24(16)22-15/h1-4,6,8,10,13H,5,7,11H2,(H,21,22). The van der Waals surface area contributed by atoms with Crippen molar-refractivity contribution < 1.29 is 4.79 Å². The first kappa shape index (κ1) is 15.1. The molecule has 1 aliphatic rings. The first-order valence-electron chi connectivity index (χ1n) is 7.95. The van der Waals surface area contributed by atoms with Gasteiger partial charge in [0.2, 0.25) is 0 Å². The Morgan fingerprint density at radius 1 is 1.28 bits per heavy atom. The van der Waals surface area contributed by atoms with Crippen molar-refractivity contribution in [3.63, 3.8) is 0 Å². The molecule has 1 N–H and O–H groups in total. The first-order valence-corrected chi connectivity index (χ1v) is 7.95. The van der Waals surface area contributed by atoms with Crippen molar-refractivity contribution in [1.29, 1.82) is 5.26 Å². The van der Waals surface area contributed by atoms with Gasteiger partial charge in [0.1, 0.15) is 17.6 Å². The Morgan fingerprint density at radius 2 is 2.20 bits per heavy atom. The van der Waals surface area contributed by atoms with Gasteiger partial charge in [-0.05, 0) is 30.7 Å². The molecule has 8 heteroatoms. The number of hydrogen-bond donors (Lipinski definition) is 1. The molecule has 1 saturated heterocycles. The lowest BCUT2D eigenvalue weighted by Crippen LogP contribution is -2.32. The van der Waals surface area contributed by atoms with Crippen LogP contribution in [0.4, 0.5) is 5.82 Å². The molecular formula is C17H15N7O. The second kappa shape index (κ2) is 6.20. The Bertz CT molecular complexity index is 957. The summed E-state index contributed by atoms with van der Waals surface area (Å²) in [6, 6.07) is 9.11. The number of pyridine rings is 1. The molecule has 3 aromatic rings. The van der Waals surface area contributed by atoms with E-state index in [2.05, 4.69) is 20.4 Å². The van der Waals surface area contributed by atoms with Gasteiger partial charge in [0, 0.05) is 37.7 Å². The van der Waals surface area contributed by atoms with Crippen LogP contribution in [-0.2, 0) is 0 Å². The van der Waals surface area contributed by atoms with E-state index in [1.165, 1.54) is 6.20 Å². The number of carbonyl (C=O) groups excluding carboxylic acids is 1. The van der Waals surface area contributed by atoms with E-state index in [1.54, 1.807) is 33.9 Å². The molecule has 1 aliphatic heterocycles. The second-order valence-electron chi connectivity index (χ2n) is 5.87. The Hall–Kier alpha value is -3.47. The van der Waals surface area contributed by atoms with Crippen LogP contribution < -0.4 is 5.32 Å². The van der Waals surface area contributed by atoms with E-state index in [0.717, 1.165) is 17.9 Å². The number of rotatable bonds is 3. The molecule has 25 heavy (non-hydrogen) atoms. The number of aromatic nitrogens is 4. The molecule has 4 rings (SSSR count). The smallest absolute Gasteiger partial charge is 0.272 e. The molecule has 0 aromatic carbocycles. The van der Waals surface area contributed by atoms with Crippen LogP contribution in [0.2, 0.25) is 0 Å². The van der Waals surface area contributed by atoms with Gasteiger partial charge in [0.25, 0.3) is 5.91 Å². The van der Waals surface area contributed by atoms with Crippen LogP contribution in [0.25, 0.3) is 5.65 Å². The summed E-state index contributed by atoms with van der Waals surface area (Å²) in [4.78, 5) is 22.5. The van der Waals surface area contributed by atoms with Crippen LogP contribution in [0, 0.1) is 11.3 Å². The van der Waals surface area contributed by atoms with E-state index in [-0.39, 0.29) is 11.9 Å². The minimum atomic E-state index is -0.119. The Kier molecular flexibility index (Phi) is 3.74. The van der Waals surface area contributed by atoms with Gasteiger partial charge in [-0.3, -0.25) is 4.79 Å². The number of nitrogens with one attached hydrogen (secondary N) is 1. The quantitative estimate of drug-likeness (QED) is 0.776. The topological polar surface area (TPSA) is 99.2 Å². The molecule has 3 aromatic heterocycles. The highest BCUT2D eigenvalue weighted by Crippen LogP contribution is 2.17. The van der Waals surface area contributed by atoms with Crippen LogP contribution in [-0.4, -0.2) is 49.5 Å². The van der Waals surface area contributed by atoms with E-state index in [9.17, 15) is 4.79 Å². The summed E-state index contributed by atoms with van der Waals surface area (Å²) < 4.78 is 1.71. The third-order valence-corrected chi connectivity index (χ3v) is 4.19. The van der Waals surface area contributed by atoms with Crippen LogP contribution in [0.15, 0.2) is 42.9 Å². The van der Waals surface area contributed by atoms with E-state index in [4.69, 9.17) is 5.26 Å². The van der Waals surface area contributed by atoms with Crippen molar-refractivity contribution in [3.8, 4) is 6.07 Å². The summed E-state index contributed by atoms with van der Waals surface area (Å²) >= 11 is 0. The van der Waals surface area contributed by atoms with Crippen LogP contribution in [0.5, 0.6) is 0 Å². The lowest BCUT2D eigenvalue weighted by molar-refractivity contribution is 0.0786. The second-order valence-corrected chi connectivity index (χ2v) is 5.87. The molecule has 124 valence electrons. The number of nitrogens with zero attached hydrogens (tertiary/aromatic N) is 6. The number of nitriles is 1. The SMILES string of the molecule is N#Cc1ccc(C(=O)N2CCC(Nc3ccc4nccn4n3)C2)nc1. The van der Waals surface area contributed by atoms with Crippen molar-refractivity contribution in [1.82, 2.24) is 24.5 Å². The molecule has 1 fully saturated rings. The molecular weight excluding hydrogens is 318 g/mol. The maximum Gasteiger partial charge on any atom is 0.272 e. The third kappa shape index (κ3) is 2.99. The van der Waals surface area contributed by atoms with Gasteiger partial charge < -0.3 is 10.2 Å². The molecule has 1 atom stereocenters. The normalized spacial score (nSPS) is 16.8. The van der Waals surface area contributed by atoms with Crippen molar-refractivity contribution in [2.45, 2.75) is 12.5 Å². The predicted octanol–water partition coefficient (Wildman–Crippen LogP) is 1.32. The third-order valence-electron chi connectivity index (χ3n) is 4.19. The van der Waals surface area contributed by atoms with E-state index >= 15 is 0 Å². The van der Waals surface area contributed by atoms with Crippen molar-refractivity contribution in [3.05, 3.63) is 54.1 Å². The minimum absolute atomic E-state index is 0.119.